The van der Waals surface area contributed by atoms with Crippen LogP contribution in [-0.2, 0) is 9.22 Å². The Morgan fingerprint density at radius 2 is 1.00 bits per heavy atom. The van der Waals surface area contributed by atoms with E-state index in [0.29, 0.717) is 5.78 Å². The molecule has 0 amide bonds. The first-order valence-electron chi connectivity index (χ1n) is 19.5. The number of hydrogen-bond acceptors (Lipinski definition) is 2. The maximum atomic E-state index is 12.4. The minimum atomic E-state index is -2.42. The first-order chi connectivity index (χ1) is 22.9. The molecule has 0 saturated heterocycles. The lowest BCUT2D eigenvalue weighted by molar-refractivity contribution is -0.119. The van der Waals surface area contributed by atoms with Crippen LogP contribution in [0.5, 0.6) is 0 Å². The highest BCUT2D eigenvalue weighted by Gasteiger charge is 2.49. The monoisotopic (exact) mass is 659 g/mol. The van der Waals surface area contributed by atoms with Gasteiger partial charge in [0.15, 0.2) is 0 Å². The van der Waals surface area contributed by atoms with Crippen LogP contribution < -0.4 is 10.4 Å². The first kappa shape index (κ1) is 40.9. The lowest BCUT2D eigenvalue weighted by atomic mass is 10.0. The van der Waals surface area contributed by atoms with Gasteiger partial charge in [0.25, 0.3) is 8.32 Å². The van der Waals surface area contributed by atoms with E-state index in [2.05, 4.69) is 113 Å². The molecule has 47 heavy (non-hydrogen) atoms. The smallest absolute Gasteiger partial charge is 0.261 e. The summed E-state index contributed by atoms with van der Waals surface area (Å²) in [7, 11) is -2.42. The predicted octanol–water partition coefficient (Wildman–Crippen LogP) is 12.5. The molecule has 0 unspecified atom stereocenters. The minimum Gasteiger partial charge on any atom is -0.407 e. The van der Waals surface area contributed by atoms with Gasteiger partial charge in [0, 0.05) is 19.4 Å². The van der Waals surface area contributed by atoms with Crippen molar-refractivity contribution in [3.8, 4) is 0 Å². The summed E-state index contributed by atoms with van der Waals surface area (Å²) in [6.07, 6.45) is 34.3. The Hall–Kier alpha value is -2.23. The highest BCUT2D eigenvalue weighted by atomic mass is 28.4. The van der Waals surface area contributed by atoms with Gasteiger partial charge in [-0.05, 0) is 66.8 Å². The van der Waals surface area contributed by atoms with Gasteiger partial charge < -0.3 is 4.43 Å². The number of ketones is 1. The summed E-state index contributed by atoms with van der Waals surface area (Å²) in [6.45, 7) is 10.1. The molecule has 0 N–H and O–H groups in total. The molecule has 262 valence electrons. The molecule has 0 aliphatic heterocycles. The van der Waals surface area contributed by atoms with Gasteiger partial charge in [-0.1, -0.05) is 183 Å². The van der Waals surface area contributed by atoms with Crippen LogP contribution in [0.15, 0.2) is 85.0 Å². The number of allylic oxidation sites excluding steroid dienone is 4. The second-order valence-electron chi connectivity index (χ2n) is 14.6. The molecule has 2 aromatic rings. The van der Waals surface area contributed by atoms with Crippen LogP contribution in [0.1, 0.15) is 163 Å². The number of rotatable bonds is 28. The van der Waals surface area contributed by atoms with E-state index in [1.807, 2.05) is 0 Å². The lowest BCUT2D eigenvalue weighted by Crippen LogP contribution is -2.66. The summed E-state index contributed by atoms with van der Waals surface area (Å²) < 4.78 is 7.03. The molecule has 0 fully saturated rings. The fourth-order valence-electron chi connectivity index (χ4n) is 6.73. The molecule has 0 atom stereocenters. The van der Waals surface area contributed by atoms with Gasteiger partial charge in [-0.3, -0.25) is 4.79 Å². The molecule has 0 aliphatic carbocycles. The fraction of sp³-hybridized carbons (Fsp3) is 0.614. The van der Waals surface area contributed by atoms with E-state index < -0.39 is 8.32 Å². The van der Waals surface area contributed by atoms with E-state index in [0.717, 1.165) is 45.1 Å². The summed E-state index contributed by atoms with van der Waals surface area (Å²) in [5.74, 6) is 0.478. The van der Waals surface area contributed by atoms with E-state index in [9.17, 15) is 4.79 Å². The maximum absolute atomic E-state index is 12.4. The van der Waals surface area contributed by atoms with Crippen LogP contribution in [0.3, 0.4) is 0 Å². The molecule has 2 aromatic carbocycles. The molecular weight excluding hydrogens is 589 g/mol. The highest BCUT2D eigenvalue weighted by Crippen LogP contribution is 2.36. The van der Waals surface area contributed by atoms with Crippen molar-refractivity contribution in [2.24, 2.45) is 0 Å². The van der Waals surface area contributed by atoms with E-state index in [-0.39, 0.29) is 5.04 Å². The van der Waals surface area contributed by atoms with E-state index in [1.54, 1.807) is 0 Å². The van der Waals surface area contributed by atoms with Crippen LogP contribution in [0.2, 0.25) is 5.04 Å². The van der Waals surface area contributed by atoms with Crippen molar-refractivity contribution in [1.82, 2.24) is 0 Å². The molecular formula is C44H70O2Si. The van der Waals surface area contributed by atoms with Gasteiger partial charge in [-0.15, -0.1) is 0 Å². The van der Waals surface area contributed by atoms with Gasteiger partial charge >= 0.3 is 0 Å². The Balaban J connectivity index is 1.47. The van der Waals surface area contributed by atoms with Crippen LogP contribution in [-0.4, -0.2) is 20.7 Å². The average Bonchev–Trinajstić information content (AvgIpc) is 3.07. The highest BCUT2D eigenvalue weighted by molar-refractivity contribution is 6.99. The second-order valence-corrected chi connectivity index (χ2v) is 18.9. The summed E-state index contributed by atoms with van der Waals surface area (Å²) >= 11 is 0. The number of benzene rings is 2. The third-order valence-electron chi connectivity index (χ3n) is 9.49. The van der Waals surface area contributed by atoms with E-state index in [4.69, 9.17) is 4.43 Å². The molecule has 2 nitrogen and oxygen atoms in total. The van der Waals surface area contributed by atoms with Crippen LogP contribution in [0.25, 0.3) is 0 Å². The summed E-state index contributed by atoms with van der Waals surface area (Å²) in [5, 5.41) is 2.74. The SMILES string of the molecule is CCCCC/C=C\C/C=C\CCCCCCCCCC(=O)CCCCCCCCO[Si](c1ccccc1)(c1ccccc1)C(C)(C)C. The minimum absolute atomic E-state index is 0.0324. The first-order valence-corrected chi connectivity index (χ1v) is 21.4. The summed E-state index contributed by atoms with van der Waals surface area (Å²) in [5.41, 5.74) is 0. The largest absolute Gasteiger partial charge is 0.407 e. The maximum Gasteiger partial charge on any atom is 0.261 e. The number of hydrogen-bond donors (Lipinski definition) is 0. The fourth-order valence-corrected chi connectivity index (χ4v) is 11.3. The quantitative estimate of drug-likeness (QED) is 0.0516. The van der Waals surface area contributed by atoms with E-state index in [1.165, 1.54) is 107 Å². The average molecular weight is 659 g/mol. The van der Waals surface area contributed by atoms with Gasteiger partial charge in [0.1, 0.15) is 5.78 Å². The van der Waals surface area contributed by atoms with Crippen LogP contribution in [0.4, 0.5) is 0 Å². The zero-order chi connectivity index (χ0) is 33.9. The Morgan fingerprint density at radius 1 is 0.574 bits per heavy atom. The lowest BCUT2D eigenvalue weighted by Gasteiger charge is -2.43. The molecule has 3 heteroatoms. The number of unbranched alkanes of at least 4 members (excludes halogenated alkanes) is 15. The Morgan fingerprint density at radius 3 is 1.47 bits per heavy atom. The van der Waals surface area contributed by atoms with Gasteiger partial charge in [0.2, 0.25) is 0 Å². The van der Waals surface area contributed by atoms with E-state index >= 15 is 0 Å². The molecule has 0 spiro atoms. The van der Waals surface area contributed by atoms with Crippen molar-refractivity contribution < 1.29 is 9.22 Å². The topological polar surface area (TPSA) is 26.3 Å². The molecule has 0 aliphatic rings. The number of Topliss-reactive ketones (excluding diaryl/α,β-unsaturated/α-hetero) is 1. The normalized spacial score (nSPS) is 12.4. The second kappa shape index (κ2) is 25.7. The zero-order valence-corrected chi connectivity index (χ0v) is 32.0. The van der Waals surface area contributed by atoms with Crippen molar-refractivity contribution in [1.29, 1.82) is 0 Å². The predicted molar refractivity (Wildman–Crippen MR) is 209 cm³/mol. The van der Waals surface area contributed by atoms with Gasteiger partial charge in [0.05, 0.1) is 0 Å². The van der Waals surface area contributed by atoms with Gasteiger partial charge in [-0.2, -0.15) is 0 Å². The molecule has 0 bridgehead atoms. The van der Waals surface area contributed by atoms with Crippen molar-refractivity contribution in [2.45, 2.75) is 168 Å². The molecule has 0 heterocycles. The Labute approximate surface area is 292 Å². The standard InChI is InChI=1S/C44H70O2Si/c1-5-6-7-8-9-10-11-12-13-14-15-16-17-18-19-22-27-34-41(45)35-28-23-20-21-24-33-40-46-47(44(2,3)4,42-36-29-25-30-37-42)43-38-31-26-32-39-43/h9-10,12-13,25-26,29-32,36-39H,5-8,11,14-24,27-28,33-35,40H2,1-4H3/b10-9-,13-12-. The van der Waals surface area contributed by atoms with Crippen molar-refractivity contribution in [3.05, 3.63) is 85.0 Å². The van der Waals surface area contributed by atoms with Gasteiger partial charge in [-0.25, -0.2) is 0 Å². The molecule has 0 aromatic heterocycles. The van der Waals surface area contributed by atoms with Crippen LogP contribution >= 0.6 is 0 Å². The third kappa shape index (κ3) is 17.1. The van der Waals surface area contributed by atoms with Crippen molar-refractivity contribution in [3.63, 3.8) is 0 Å². The third-order valence-corrected chi connectivity index (χ3v) is 14.5. The zero-order valence-electron chi connectivity index (χ0n) is 31.0. The summed E-state index contributed by atoms with van der Waals surface area (Å²) in [6, 6.07) is 21.9. The number of carbonyl (C=O) groups excluding carboxylic acids is 1. The van der Waals surface area contributed by atoms with Crippen molar-refractivity contribution >= 4 is 24.5 Å². The molecule has 2 rings (SSSR count). The number of carbonyl (C=O) groups is 1. The Bertz CT molecular complexity index is 1040. The van der Waals surface area contributed by atoms with Crippen LogP contribution in [0, 0.1) is 0 Å². The molecule has 0 radical (unpaired) electrons. The summed E-state index contributed by atoms with van der Waals surface area (Å²) in [4.78, 5) is 12.4. The van der Waals surface area contributed by atoms with Crippen molar-refractivity contribution in [2.75, 3.05) is 6.61 Å². The Kier molecular flexibility index (Phi) is 22.4. The molecule has 0 saturated carbocycles.